The van der Waals surface area contributed by atoms with Gasteiger partial charge in [-0.3, -0.25) is 4.79 Å². The fourth-order valence-electron chi connectivity index (χ4n) is 3.08. The van der Waals surface area contributed by atoms with Crippen molar-refractivity contribution in [1.29, 1.82) is 0 Å². The Labute approximate surface area is 151 Å². The highest BCUT2D eigenvalue weighted by Crippen LogP contribution is 2.33. The summed E-state index contributed by atoms with van der Waals surface area (Å²) in [5.41, 5.74) is 2.66. The smallest absolute Gasteiger partial charge is 0.240 e. The van der Waals surface area contributed by atoms with Gasteiger partial charge < -0.3 is 19.4 Å². The summed E-state index contributed by atoms with van der Waals surface area (Å²) in [4.78, 5) is 17.2. The zero-order valence-electron chi connectivity index (χ0n) is 14.9. The van der Waals surface area contributed by atoms with Crippen LogP contribution >= 0.6 is 0 Å². The van der Waals surface area contributed by atoms with E-state index in [9.17, 15) is 4.79 Å². The van der Waals surface area contributed by atoms with Crippen molar-refractivity contribution < 1.29 is 14.3 Å². The molecule has 134 valence electrons. The van der Waals surface area contributed by atoms with Crippen molar-refractivity contribution in [2.75, 3.05) is 14.2 Å². The molecule has 0 spiro atoms. The molecule has 1 fully saturated rings. The second kappa shape index (κ2) is 6.71. The standard InChI is InChI=1S/C20H21N3O3/c1-25-17-10-7-13(11-18(17)26-2)20-22-15-5-3-4-6-16(15)23(20)12-19(24)21-14-8-9-14/h3-7,10-11,14H,8-9,12H2,1-2H3,(H,21,24). The van der Waals surface area contributed by atoms with Gasteiger partial charge in [-0.2, -0.15) is 0 Å². The maximum atomic E-state index is 12.4. The molecule has 1 saturated carbocycles. The highest BCUT2D eigenvalue weighted by molar-refractivity contribution is 5.85. The number of nitrogens with zero attached hydrogens (tertiary/aromatic N) is 2. The van der Waals surface area contributed by atoms with E-state index in [1.165, 1.54) is 0 Å². The first kappa shape index (κ1) is 16.4. The number of aromatic nitrogens is 2. The van der Waals surface area contributed by atoms with Crippen LogP contribution in [0.3, 0.4) is 0 Å². The third-order valence-corrected chi connectivity index (χ3v) is 4.54. The number of imidazole rings is 1. The van der Waals surface area contributed by atoms with Crippen molar-refractivity contribution >= 4 is 16.9 Å². The molecule has 0 unspecified atom stereocenters. The fraction of sp³-hybridized carbons (Fsp3) is 0.300. The first-order valence-corrected chi connectivity index (χ1v) is 8.66. The maximum Gasteiger partial charge on any atom is 0.240 e. The van der Waals surface area contributed by atoms with Crippen LogP contribution in [0.5, 0.6) is 11.5 Å². The molecule has 26 heavy (non-hydrogen) atoms. The topological polar surface area (TPSA) is 65.4 Å². The molecule has 2 aromatic carbocycles. The van der Waals surface area contributed by atoms with Gasteiger partial charge in [0.2, 0.25) is 5.91 Å². The van der Waals surface area contributed by atoms with Crippen LogP contribution in [0.4, 0.5) is 0 Å². The molecule has 1 aromatic heterocycles. The van der Waals surface area contributed by atoms with Crippen molar-refractivity contribution in [3.63, 3.8) is 0 Å². The summed E-state index contributed by atoms with van der Waals surface area (Å²) in [6.45, 7) is 0.237. The minimum atomic E-state index is 0.0115. The van der Waals surface area contributed by atoms with Crippen LogP contribution < -0.4 is 14.8 Å². The van der Waals surface area contributed by atoms with E-state index >= 15 is 0 Å². The molecule has 6 nitrogen and oxygen atoms in total. The minimum Gasteiger partial charge on any atom is -0.493 e. The number of methoxy groups -OCH3 is 2. The third-order valence-electron chi connectivity index (χ3n) is 4.54. The van der Waals surface area contributed by atoms with E-state index in [0.29, 0.717) is 17.5 Å². The van der Waals surface area contributed by atoms with Crippen LogP contribution in [-0.4, -0.2) is 35.7 Å². The van der Waals surface area contributed by atoms with Gasteiger partial charge in [0.15, 0.2) is 11.5 Å². The monoisotopic (exact) mass is 351 g/mol. The second-order valence-electron chi connectivity index (χ2n) is 6.42. The Bertz CT molecular complexity index is 960. The van der Waals surface area contributed by atoms with Crippen LogP contribution in [0.15, 0.2) is 42.5 Å². The van der Waals surface area contributed by atoms with E-state index in [1.807, 2.05) is 47.0 Å². The molecule has 1 aliphatic rings. The van der Waals surface area contributed by atoms with Crippen LogP contribution in [0.1, 0.15) is 12.8 Å². The van der Waals surface area contributed by atoms with Crippen LogP contribution in [0.25, 0.3) is 22.4 Å². The third kappa shape index (κ3) is 3.10. The number of fused-ring (bicyclic) bond motifs is 1. The number of carbonyl (C=O) groups is 1. The van der Waals surface area contributed by atoms with Gasteiger partial charge in [0, 0.05) is 11.6 Å². The number of hydrogen-bond donors (Lipinski definition) is 1. The summed E-state index contributed by atoms with van der Waals surface area (Å²) in [6, 6.07) is 13.8. The van der Waals surface area contributed by atoms with Crippen LogP contribution in [-0.2, 0) is 11.3 Å². The summed E-state index contributed by atoms with van der Waals surface area (Å²) in [5.74, 6) is 2.03. The van der Waals surface area contributed by atoms with Gasteiger partial charge in [0.25, 0.3) is 0 Å². The predicted octanol–water partition coefficient (Wildman–Crippen LogP) is 3.00. The van der Waals surface area contributed by atoms with E-state index in [2.05, 4.69) is 5.32 Å². The lowest BCUT2D eigenvalue weighted by atomic mass is 10.2. The molecule has 3 aromatic rings. The number of benzene rings is 2. The number of hydrogen-bond acceptors (Lipinski definition) is 4. The van der Waals surface area contributed by atoms with Crippen molar-refractivity contribution in [2.24, 2.45) is 0 Å². The van der Waals surface area contributed by atoms with Crippen molar-refractivity contribution in [1.82, 2.24) is 14.9 Å². The van der Waals surface area contributed by atoms with E-state index in [4.69, 9.17) is 14.5 Å². The van der Waals surface area contributed by atoms with Gasteiger partial charge in [-0.15, -0.1) is 0 Å². The van der Waals surface area contributed by atoms with Crippen molar-refractivity contribution in [3.8, 4) is 22.9 Å². The molecular formula is C20H21N3O3. The highest BCUT2D eigenvalue weighted by atomic mass is 16.5. The summed E-state index contributed by atoms with van der Waals surface area (Å²) in [7, 11) is 3.21. The van der Waals surface area contributed by atoms with Gasteiger partial charge in [0.05, 0.1) is 25.3 Å². The zero-order valence-corrected chi connectivity index (χ0v) is 14.9. The molecule has 4 rings (SSSR count). The number of rotatable bonds is 6. The SMILES string of the molecule is COc1ccc(-c2nc3ccccc3n2CC(=O)NC2CC2)cc1OC. The normalized spacial score (nSPS) is 13.6. The quantitative estimate of drug-likeness (QED) is 0.741. The summed E-state index contributed by atoms with van der Waals surface area (Å²) in [5, 5.41) is 3.04. The zero-order chi connectivity index (χ0) is 18.1. The average molecular weight is 351 g/mol. The van der Waals surface area contributed by atoms with Gasteiger partial charge in [-0.1, -0.05) is 12.1 Å². The van der Waals surface area contributed by atoms with E-state index in [1.54, 1.807) is 14.2 Å². The first-order chi connectivity index (χ1) is 12.7. The second-order valence-corrected chi connectivity index (χ2v) is 6.42. The summed E-state index contributed by atoms with van der Waals surface area (Å²) >= 11 is 0. The minimum absolute atomic E-state index is 0.0115. The predicted molar refractivity (Wildman–Crippen MR) is 99.4 cm³/mol. The Morgan fingerprint density at radius 2 is 1.92 bits per heavy atom. The molecule has 0 saturated heterocycles. The molecule has 1 aliphatic carbocycles. The van der Waals surface area contributed by atoms with Crippen molar-refractivity contribution in [3.05, 3.63) is 42.5 Å². The number of nitrogens with one attached hydrogen (secondary N) is 1. The first-order valence-electron chi connectivity index (χ1n) is 8.66. The number of amides is 1. The summed E-state index contributed by atoms with van der Waals surface area (Å²) in [6.07, 6.45) is 2.14. The molecule has 6 heteroatoms. The van der Waals surface area contributed by atoms with Crippen LogP contribution in [0.2, 0.25) is 0 Å². The van der Waals surface area contributed by atoms with E-state index in [0.717, 1.165) is 35.3 Å². The molecule has 1 heterocycles. The van der Waals surface area contributed by atoms with Gasteiger partial charge in [-0.05, 0) is 43.2 Å². The average Bonchev–Trinajstić information content (AvgIpc) is 3.41. The number of carbonyl (C=O) groups excluding carboxylic acids is 1. The van der Waals surface area contributed by atoms with Gasteiger partial charge in [0.1, 0.15) is 12.4 Å². The Kier molecular flexibility index (Phi) is 4.24. The van der Waals surface area contributed by atoms with Gasteiger partial charge in [-0.25, -0.2) is 4.98 Å². The lowest BCUT2D eigenvalue weighted by Gasteiger charge is -2.12. The highest BCUT2D eigenvalue weighted by Gasteiger charge is 2.24. The molecule has 0 radical (unpaired) electrons. The van der Waals surface area contributed by atoms with Crippen molar-refractivity contribution in [2.45, 2.75) is 25.4 Å². The van der Waals surface area contributed by atoms with E-state index < -0.39 is 0 Å². The van der Waals surface area contributed by atoms with Crippen LogP contribution in [0, 0.1) is 0 Å². The largest absolute Gasteiger partial charge is 0.493 e. The Morgan fingerprint density at radius 3 is 2.65 bits per heavy atom. The molecule has 1 N–H and O–H groups in total. The molecular weight excluding hydrogens is 330 g/mol. The molecule has 1 amide bonds. The number of ether oxygens (including phenoxy) is 2. The molecule has 0 aliphatic heterocycles. The lowest BCUT2D eigenvalue weighted by Crippen LogP contribution is -2.29. The lowest BCUT2D eigenvalue weighted by molar-refractivity contribution is -0.121. The van der Waals surface area contributed by atoms with E-state index in [-0.39, 0.29) is 12.5 Å². The maximum absolute atomic E-state index is 12.4. The Balaban J connectivity index is 1.78. The molecule has 0 atom stereocenters. The summed E-state index contributed by atoms with van der Waals surface area (Å²) < 4.78 is 12.7. The fourth-order valence-corrected chi connectivity index (χ4v) is 3.08. The molecule has 0 bridgehead atoms. The Morgan fingerprint density at radius 1 is 1.15 bits per heavy atom. The number of para-hydroxylation sites is 2. The van der Waals surface area contributed by atoms with Gasteiger partial charge >= 0.3 is 0 Å². The Hall–Kier alpha value is -3.02.